The second-order valence-corrected chi connectivity index (χ2v) is 6.15. The number of hydrogen-bond acceptors (Lipinski definition) is 5. The third-order valence-electron chi connectivity index (χ3n) is 4.47. The van der Waals surface area contributed by atoms with Crippen LogP contribution in [0, 0.1) is 4.91 Å². The largest absolute Gasteiger partial charge is 0.362 e. The molecular weight excluding hydrogens is 304 g/mol. The molecule has 0 spiro atoms. The van der Waals surface area contributed by atoms with Crippen LogP contribution in [0.2, 0.25) is 0 Å². The van der Waals surface area contributed by atoms with Gasteiger partial charge in [0.05, 0.1) is 0 Å². The molecule has 1 saturated heterocycles. The van der Waals surface area contributed by atoms with Crippen LogP contribution < -0.4 is 5.43 Å². The third-order valence-corrected chi connectivity index (χ3v) is 4.47. The van der Waals surface area contributed by atoms with Crippen LogP contribution >= 0.6 is 0 Å². The van der Waals surface area contributed by atoms with Crippen molar-refractivity contribution in [3.63, 3.8) is 0 Å². The van der Waals surface area contributed by atoms with Crippen LogP contribution in [0.1, 0.15) is 11.3 Å². The highest BCUT2D eigenvalue weighted by molar-refractivity contribution is 5.33. The van der Waals surface area contributed by atoms with Gasteiger partial charge in [0.2, 0.25) is 5.43 Å². The van der Waals surface area contributed by atoms with E-state index in [0.717, 1.165) is 44.8 Å². The van der Waals surface area contributed by atoms with Crippen molar-refractivity contribution in [2.75, 3.05) is 32.7 Å². The molecule has 3 rings (SSSR count). The summed E-state index contributed by atoms with van der Waals surface area (Å²) in [5.74, 6) is 0. The molecule has 0 bridgehead atoms. The van der Waals surface area contributed by atoms with Gasteiger partial charge < -0.3 is 9.88 Å². The molecule has 6 heteroatoms. The van der Waals surface area contributed by atoms with Crippen molar-refractivity contribution < 1.29 is 0 Å². The lowest BCUT2D eigenvalue weighted by Gasteiger charge is -2.34. The van der Waals surface area contributed by atoms with Gasteiger partial charge in [0.1, 0.15) is 0 Å². The van der Waals surface area contributed by atoms with E-state index in [1.165, 1.54) is 17.8 Å². The van der Waals surface area contributed by atoms with Crippen molar-refractivity contribution in [1.82, 2.24) is 14.8 Å². The summed E-state index contributed by atoms with van der Waals surface area (Å²) in [6.07, 6.45) is 2.47. The van der Waals surface area contributed by atoms with E-state index in [2.05, 4.69) is 44.2 Å². The highest BCUT2D eigenvalue weighted by Crippen LogP contribution is 2.09. The summed E-state index contributed by atoms with van der Waals surface area (Å²) < 4.78 is 0. The van der Waals surface area contributed by atoms with Crippen LogP contribution in [0.25, 0.3) is 0 Å². The smallest absolute Gasteiger partial charge is 0.211 e. The molecule has 1 aliphatic rings. The maximum absolute atomic E-state index is 11.6. The van der Waals surface area contributed by atoms with Crippen LogP contribution in [-0.4, -0.2) is 47.5 Å². The van der Waals surface area contributed by atoms with Crippen LogP contribution in [-0.2, 0) is 13.0 Å². The Kier molecular flexibility index (Phi) is 5.51. The number of pyridine rings is 1. The monoisotopic (exact) mass is 326 g/mol. The average Bonchev–Trinajstić information content (AvgIpc) is 2.62. The molecule has 1 fully saturated rings. The Bertz CT molecular complexity index is 721. The lowest BCUT2D eigenvalue weighted by Crippen LogP contribution is -2.46. The number of aromatic nitrogens is 1. The number of nitrogens with zero attached hydrogens (tertiary/aromatic N) is 3. The van der Waals surface area contributed by atoms with Gasteiger partial charge in [-0.1, -0.05) is 30.3 Å². The lowest BCUT2D eigenvalue weighted by atomic mass is 10.1. The molecule has 1 aromatic carbocycles. The topological polar surface area (TPSA) is 68.8 Å². The van der Waals surface area contributed by atoms with E-state index < -0.39 is 0 Å². The number of hydrogen-bond donors (Lipinski definition) is 1. The Hall–Kier alpha value is -2.31. The number of H-pyrrole nitrogens is 1. The Balaban J connectivity index is 1.46. The van der Waals surface area contributed by atoms with Crippen LogP contribution in [0.3, 0.4) is 0 Å². The molecule has 6 nitrogen and oxygen atoms in total. The molecule has 24 heavy (non-hydrogen) atoms. The molecule has 1 aromatic heterocycles. The Morgan fingerprint density at radius 2 is 1.75 bits per heavy atom. The number of piperazine rings is 1. The molecule has 0 radical (unpaired) electrons. The van der Waals surface area contributed by atoms with Crippen LogP contribution in [0.5, 0.6) is 0 Å². The molecule has 0 aliphatic carbocycles. The molecule has 0 unspecified atom stereocenters. The van der Waals surface area contributed by atoms with Crippen molar-refractivity contribution >= 4 is 5.69 Å². The predicted molar refractivity (Wildman–Crippen MR) is 94.4 cm³/mol. The van der Waals surface area contributed by atoms with Crippen molar-refractivity contribution in [1.29, 1.82) is 0 Å². The van der Waals surface area contributed by atoms with Crippen molar-refractivity contribution in [3.8, 4) is 0 Å². The molecule has 1 aliphatic heterocycles. The standard InChI is InChI=1S/C18H22N4O2/c23-18-12-16(19-13-17(18)20-24)14-22-10-8-21(9-11-22)7-6-15-4-2-1-3-5-15/h1-5,12-13H,6-11,14H2,(H,19,23). The predicted octanol–water partition coefficient (Wildman–Crippen LogP) is 2.13. The maximum atomic E-state index is 11.6. The van der Waals surface area contributed by atoms with Gasteiger partial charge in [-0.3, -0.25) is 9.69 Å². The van der Waals surface area contributed by atoms with Gasteiger partial charge in [-0.25, -0.2) is 0 Å². The molecule has 0 saturated carbocycles. The highest BCUT2D eigenvalue weighted by Gasteiger charge is 2.17. The summed E-state index contributed by atoms with van der Waals surface area (Å²) in [5, 5.41) is 2.70. The Morgan fingerprint density at radius 1 is 1.04 bits per heavy atom. The van der Waals surface area contributed by atoms with Gasteiger partial charge in [0, 0.05) is 57.2 Å². The van der Waals surface area contributed by atoms with Gasteiger partial charge in [0.25, 0.3) is 0 Å². The molecule has 2 aromatic rings. The maximum Gasteiger partial charge on any atom is 0.211 e. The fourth-order valence-corrected chi connectivity index (χ4v) is 3.01. The first-order valence-electron chi connectivity index (χ1n) is 8.28. The number of nitrogens with one attached hydrogen (secondary N) is 1. The summed E-state index contributed by atoms with van der Waals surface area (Å²) >= 11 is 0. The molecule has 2 heterocycles. The van der Waals surface area contributed by atoms with E-state index in [-0.39, 0.29) is 11.1 Å². The molecular formula is C18H22N4O2. The zero-order valence-electron chi connectivity index (χ0n) is 13.6. The zero-order valence-corrected chi connectivity index (χ0v) is 13.6. The first-order valence-corrected chi connectivity index (χ1v) is 8.28. The van der Waals surface area contributed by atoms with Crippen LogP contribution in [0.15, 0.2) is 52.6 Å². The third kappa shape index (κ3) is 4.37. The van der Waals surface area contributed by atoms with Crippen molar-refractivity contribution in [3.05, 3.63) is 69.0 Å². The fraction of sp³-hybridized carbons (Fsp3) is 0.389. The van der Waals surface area contributed by atoms with E-state index >= 15 is 0 Å². The first kappa shape index (κ1) is 16.5. The van der Waals surface area contributed by atoms with Crippen LogP contribution in [0.4, 0.5) is 5.69 Å². The quantitative estimate of drug-likeness (QED) is 0.826. The zero-order chi connectivity index (χ0) is 16.8. The number of benzene rings is 1. The van der Waals surface area contributed by atoms with Gasteiger partial charge in [0.15, 0.2) is 5.69 Å². The SMILES string of the molecule is O=Nc1c[nH]c(CN2CCN(CCc3ccccc3)CC2)cc1=O. The first-order chi connectivity index (χ1) is 11.7. The van der Waals surface area contributed by atoms with Gasteiger partial charge >= 0.3 is 0 Å². The van der Waals surface area contributed by atoms with Crippen molar-refractivity contribution in [2.45, 2.75) is 13.0 Å². The molecule has 126 valence electrons. The van der Waals surface area contributed by atoms with Gasteiger partial charge in [-0.15, -0.1) is 4.91 Å². The summed E-state index contributed by atoms with van der Waals surface area (Å²) in [5.41, 5.74) is 1.82. The normalized spacial score (nSPS) is 16.2. The molecule has 1 N–H and O–H groups in total. The highest BCUT2D eigenvalue weighted by atomic mass is 16.3. The minimum Gasteiger partial charge on any atom is -0.362 e. The minimum atomic E-state index is -0.319. The van der Waals surface area contributed by atoms with E-state index in [1.54, 1.807) is 0 Å². The van der Waals surface area contributed by atoms with Crippen molar-refractivity contribution in [2.24, 2.45) is 5.18 Å². The summed E-state index contributed by atoms with van der Waals surface area (Å²) in [6, 6.07) is 12.0. The van der Waals surface area contributed by atoms with E-state index in [4.69, 9.17) is 0 Å². The van der Waals surface area contributed by atoms with Gasteiger partial charge in [-0.05, 0) is 17.2 Å². The van der Waals surface area contributed by atoms with E-state index in [9.17, 15) is 9.70 Å². The lowest BCUT2D eigenvalue weighted by molar-refractivity contribution is 0.127. The summed E-state index contributed by atoms with van der Waals surface area (Å²) in [4.78, 5) is 29.9. The average molecular weight is 326 g/mol. The Labute approximate surface area is 141 Å². The summed E-state index contributed by atoms with van der Waals surface area (Å²) in [6.45, 7) is 5.79. The van der Waals surface area contributed by atoms with E-state index in [1.807, 2.05) is 6.07 Å². The molecule has 0 amide bonds. The number of aromatic amines is 1. The second-order valence-electron chi connectivity index (χ2n) is 6.15. The fourth-order valence-electron chi connectivity index (χ4n) is 3.01. The summed E-state index contributed by atoms with van der Waals surface area (Å²) in [7, 11) is 0. The molecule has 0 atom stereocenters. The number of rotatable bonds is 6. The Morgan fingerprint density at radius 3 is 2.42 bits per heavy atom. The minimum absolute atomic E-state index is 0.0653. The second kappa shape index (κ2) is 7.99. The van der Waals surface area contributed by atoms with Gasteiger partial charge in [-0.2, -0.15) is 0 Å². The van der Waals surface area contributed by atoms with E-state index in [0.29, 0.717) is 6.54 Å². The number of nitroso groups, excluding NO2 is 1.